The highest BCUT2D eigenvalue weighted by Crippen LogP contribution is 2.31. The van der Waals surface area contributed by atoms with Crippen LogP contribution in [0.1, 0.15) is 38.8 Å². The summed E-state index contributed by atoms with van der Waals surface area (Å²) in [4.78, 5) is 26.7. The number of carbonyl (C=O) groups excluding carboxylic acids is 2. The zero-order chi connectivity index (χ0) is 21.6. The molecule has 156 valence electrons. The number of carbonyl (C=O) groups is 2. The first-order chi connectivity index (χ1) is 13.6. The Balaban J connectivity index is 2.22. The molecule has 2 aromatic rings. The number of hydrogen-bond donors (Lipinski definition) is 1. The van der Waals surface area contributed by atoms with Crippen LogP contribution in [0.15, 0.2) is 48.5 Å². The second-order valence-corrected chi connectivity index (χ2v) is 8.35. The van der Waals surface area contributed by atoms with Gasteiger partial charge in [-0.05, 0) is 35.6 Å². The molecule has 1 N–H and O–H groups in total. The van der Waals surface area contributed by atoms with Gasteiger partial charge in [0.2, 0.25) is 5.91 Å². The van der Waals surface area contributed by atoms with Crippen molar-refractivity contribution in [3.63, 3.8) is 0 Å². The van der Waals surface area contributed by atoms with Crippen molar-refractivity contribution in [1.82, 2.24) is 10.2 Å². The molecule has 0 saturated heterocycles. The van der Waals surface area contributed by atoms with Gasteiger partial charge in [-0.15, -0.1) is 0 Å². The number of amides is 2. The van der Waals surface area contributed by atoms with Crippen molar-refractivity contribution in [3.8, 4) is 5.75 Å². The first-order valence-corrected chi connectivity index (χ1v) is 9.99. The van der Waals surface area contributed by atoms with E-state index in [1.807, 2.05) is 42.5 Å². The first kappa shape index (κ1) is 22.8. The monoisotopic (exact) mass is 416 g/mol. The van der Waals surface area contributed by atoms with Gasteiger partial charge in [-0.1, -0.05) is 68.8 Å². The Morgan fingerprint density at radius 2 is 1.72 bits per heavy atom. The molecular weight excluding hydrogens is 388 g/mol. The van der Waals surface area contributed by atoms with Crippen LogP contribution in [0, 0.1) is 0 Å². The molecule has 0 aromatic heterocycles. The third-order valence-corrected chi connectivity index (χ3v) is 5.13. The summed E-state index contributed by atoms with van der Waals surface area (Å²) in [6.07, 6.45) is 0. The van der Waals surface area contributed by atoms with Crippen LogP contribution >= 0.6 is 11.6 Å². The lowest BCUT2D eigenvalue weighted by Crippen LogP contribution is -2.48. The number of rotatable bonds is 7. The number of benzene rings is 2. The molecule has 5 nitrogen and oxygen atoms in total. The highest BCUT2D eigenvalue weighted by molar-refractivity contribution is 6.31. The van der Waals surface area contributed by atoms with E-state index in [1.54, 1.807) is 20.0 Å². The van der Waals surface area contributed by atoms with Crippen molar-refractivity contribution in [3.05, 3.63) is 64.7 Å². The topological polar surface area (TPSA) is 58.6 Å². The Labute approximate surface area is 178 Å². The number of nitrogens with zero attached hydrogens (tertiary/aromatic N) is 1. The molecule has 2 amide bonds. The summed E-state index contributed by atoms with van der Waals surface area (Å²) in [5, 5.41) is 3.15. The van der Waals surface area contributed by atoms with Crippen LogP contribution in [0.3, 0.4) is 0 Å². The number of ether oxygens (including phenoxy) is 1. The van der Waals surface area contributed by atoms with Crippen molar-refractivity contribution >= 4 is 23.4 Å². The summed E-state index contributed by atoms with van der Waals surface area (Å²) in [7, 11) is 1.55. The molecule has 1 atom stereocenters. The molecule has 6 heteroatoms. The number of nitrogens with one attached hydrogen (secondary N) is 1. The van der Waals surface area contributed by atoms with Gasteiger partial charge < -0.3 is 15.0 Å². The average Bonchev–Trinajstić information content (AvgIpc) is 2.69. The average molecular weight is 417 g/mol. The van der Waals surface area contributed by atoms with Gasteiger partial charge in [0.1, 0.15) is 11.8 Å². The maximum Gasteiger partial charge on any atom is 0.261 e. The molecule has 0 saturated carbocycles. The Bertz CT molecular complexity index is 861. The van der Waals surface area contributed by atoms with Crippen LogP contribution in [0.25, 0.3) is 0 Å². The molecule has 29 heavy (non-hydrogen) atoms. The van der Waals surface area contributed by atoms with Crippen molar-refractivity contribution in [2.24, 2.45) is 0 Å². The molecule has 0 aliphatic carbocycles. The minimum absolute atomic E-state index is 0.119. The summed E-state index contributed by atoms with van der Waals surface area (Å²) >= 11 is 6.27. The van der Waals surface area contributed by atoms with E-state index in [2.05, 4.69) is 26.1 Å². The van der Waals surface area contributed by atoms with E-state index in [0.717, 1.165) is 11.1 Å². The molecule has 2 aromatic carbocycles. The molecule has 0 spiro atoms. The third-order valence-electron chi connectivity index (χ3n) is 4.76. The Hall–Kier alpha value is -2.53. The van der Waals surface area contributed by atoms with Crippen molar-refractivity contribution in [1.29, 1.82) is 0 Å². The largest absolute Gasteiger partial charge is 0.483 e. The maximum absolute atomic E-state index is 13.0. The van der Waals surface area contributed by atoms with Gasteiger partial charge in [0, 0.05) is 18.6 Å². The lowest BCUT2D eigenvalue weighted by molar-refractivity contribution is -0.142. The fourth-order valence-electron chi connectivity index (χ4n) is 3.04. The molecule has 0 aliphatic rings. The van der Waals surface area contributed by atoms with Gasteiger partial charge in [0.05, 0.1) is 0 Å². The molecular formula is C23H29ClN2O3. The second kappa shape index (κ2) is 9.79. The summed E-state index contributed by atoms with van der Waals surface area (Å²) in [5.41, 5.74) is 1.67. The first-order valence-electron chi connectivity index (χ1n) is 9.62. The lowest BCUT2D eigenvalue weighted by atomic mass is 9.86. The van der Waals surface area contributed by atoms with Crippen molar-refractivity contribution in [2.75, 3.05) is 13.7 Å². The zero-order valence-electron chi connectivity index (χ0n) is 17.7. The number of likely N-dealkylation sites (N-methyl/N-ethyl adjacent to an activating group) is 1. The summed E-state index contributed by atoms with van der Waals surface area (Å²) in [5.74, 6) is 0.129. The van der Waals surface area contributed by atoms with Gasteiger partial charge in [-0.2, -0.15) is 0 Å². The zero-order valence-corrected chi connectivity index (χ0v) is 18.4. The predicted octanol–water partition coefficient (Wildman–Crippen LogP) is 4.18. The Morgan fingerprint density at radius 1 is 1.10 bits per heavy atom. The van der Waals surface area contributed by atoms with Crippen molar-refractivity contribution in [2.45, 2.75) is 45.7 Å². The summed E-state index contributed by atoms with van der Waals surface area (Å²) in [6.45, 7) is 8.02. The van der Waals surface area contributed by atoms with Crippen LogP contribution in [0.4, 0.5) is 0 Å². The minimum Gasteiger partial charge on any atom is -0.483 e. The molecule has 0 fully saturated rings. The highest BCUT2D eigenvalue weighted by atomic mass is 35.5. The minimum atomic E-state index is -0.662. The number of para-hydroxylation sites is 1. The van der Waals surface area contributed by atoms with Crippen LogP contribution in [-0.4, -0.2) is 36.4 Å². The Morgan fingerprint density at radius 3 is 2.34 bits per heavy atom. The SMILES string of the molecule is CNC(=O)C(C)N(Cc1ccccc1Cl)C(=O)COc1ccccc1C(C)(C)C. The van der Waals surface area contributed by atoms with Crippen LogP contribution in [0.2, 0.25) is 5.02 Å². The van der Waals surface area contributed by atoms with Gasteiger partial charge in [0.25, 0.3) is 5.91 Å². The molecule has 0 aliphatic heterocycles. The second-order valence-electron chi connectivity index (χ2n) is 7.94. The Kier molecular flexibility index (Phi) is 7.68. The number of hydrogen-bond acceptors (Lipinski definition) is 3. The van der Waals surface area contributed by atoms with Crippen LogP contribution in [-0.2, 0) is 21.5 Å². The van der Waals surface area contributed by atoms with E-state index < -0.39 is 6.04 Å². The highest BCUT2D eigenvalue weighted by Gasteiger charge is 2.27. The van der Waals surface area contributed by atoms with E-state index in [0.29, 0.717) is 10.8 Å². The number of halogens is 1. The normalized spacial score (nSPS) is 12.2. The molecule has 1 unspecified atom stereocenters. The molecule has 0 bridgehead atoms. The van der Waals surface area contributed by atoms with Gasteiger partial charge in [-0.25, -0.2) is 0 Å². The third kappa shape index (κ3) is 5.97. The summed E-state index contributed by atoms with van der Waals surface area (Å²) in [6, 6.07) is 14.3. The molecule has 2 rings (SSSR count). The molecule has 0 radical (unpaired) electrons. The quantitative estimate of drug-likeness (QED) is 0.736. The summed E-state index contributed by atoms with van der Waals surface area (Å²) < 4.78 is 5.88. The lowest BCUT2D eigenvalue weighted by Gasteiger charge is -2.29. The van der Waals surface area contributed by atoms with Crippen LogP contribution in [0.5, 0.6) is 5.75 Å². The fourth-order valence-corrected chi connectivity index (χ4v) is 3.23. The standard InChI is InChI=1S/C23H29ClN2O3/c1-16(22(28)25-5)26(14-17-10-6-8-12-19(17)24)21(27)15-29-20-13-9-7-11-18(20)23(2,3)4/h6-13,16H,14-15H2,1-5H3,(H,25,28). The van der Waals surface area contributed by atoms with E-state index in [9.17, 15) is 9.59 Å². The van der Waals surface area contributed by atoms with E-state index in [1.165, 1.54) is 4.90 Å². The fraction of sp³-hybridized carbons (Fsp3) is 0.391. The van der Waals surface area contributed by atoms with E-state index in [4.69, 9.17) is 16.3 Å². The molecule has 0 heterocycles. The smallest absolute Gasteiger partial charge is 0.261 e. The van der Waals surface area contributed by atoms with Gasteiger partial charge in [-0.3, -0.25) is 9.59 Å². The maximum atomic E-state index is 13.0. The van der Waals surface area contributed by atoms with E-state index >= 15 is 0 Å². The van der Waals surface area contributed by atoms with Crippen molar-refractivity contribution < 1.29 is 14.3 Å². The van der Waals surface area contributed by atoms with Gasteiger partial charge >= 0.3 is 0 Å². The predicted molar refractivity (Wildman–Crippen MR) is 116 cm³/mol. The van der Waals surface area contributed by atoms with Gasteiger partial charge in [0.15, 0.2) is 6.61 Å². The van der Waals surface area contributed by atoms with E-state index in [-0.39, 0.29) is 30.4 Å². The van der Waals surface area contributed by atoms with Crippen LogP contribution < -0.4 is 10.1 Å².